The molecule has 0 N–H and O–H groups in total. The molecule has 0 amide bonds. The van der Waals surface area contributed by atoms with Gasteiger partial charge in [0.2, 0.25) is 0 Å². The van der Waals surface area contributed by atoms with Crippen LogP contribution in [-0.4, -0.2) is 12.4 Å². The number of benzene rings is 1. The predicted octanol–water partition coefficient (Wildman–Crippen LogP) is 2.55. The van der Waals surface area contributed by atoms with Crippen LogP contribution in [0.3, 0.4) is 0 Å². The van der Waals surface area contributed by atoms with Crippen LogP contribution in [0.25, 0.3) is 0 Å². The number of ether oxygens (including phenoxy) is 1. The highest BCUT2D eigenvalue weighted by atomic mass is 127. The van der Waals surface area contributed by atoms with Crippen molar-refractivity contribution >= 4 is 39.4 Å². The average Bonchev–Trinajstić information content (AvgIpc) is 2.16. The molecule has 1 aromatic carbocycles. The molecule has 14 heavy (non-hydrogen) atoms. The predicted molar refractivity (Wildman–Crippen MR) is 60.6 cm³/mol. The number of nitriles is 1. The Hall–Kier alpha value is -0.800. The van der Waals surface area contributed by atoms with Crippen molar-refractivity contribution < 1.29 is 9.53 Å². The van der Waals surface area contributed by atoms with Gasteiger partial charge in [0.15, 0.2) is 0 Å². The van der Waals surface area contributed by atoms with Gasteiger partial charge in [0.05, 0.1) is 18.2 Å². The molecule has 0 saturated carbocycles. The molecule has 0 aliphatic rings. The SMILES string of the molecule is COc1c(C#N)cc(I)cc1C(=O)Cl. The summed E-state index contributed by atoms with van der Waals surface area (Å²) in [5.41, 5.74) is 0.529. The van der Waals surface area contributed by atoms with Gasteiger partial charge in [0, 0.05) is 3.57 Å². The molecule has 5 heteroatoms. The van der Waals surface area contributed by atoms with E-state index in [9.17, 15) is 4.79 Å². The van der Waals surface area contributed by atoms with E-state index in [-0.39, 0.29) is 11.3 Å². The fourth-order valence-electron chi connectivity index (χ4n) is 1.04. The van der Waals surface area contributed by atoms with Gasteiger partial charge in [-0.25, -0.2) is 0 Å². The fourth-order valence-corrected chi connectivity index (χ4v) is 1.81. The zero-order valence-electron chi connectivity index (χ0n) is 7.17. The summed E-state index contributed by atoms with van der Waals surface area (Å²) >= 11 is 7.36. The van der Waals surface area contributed by atoms with E-state index >= 15 is 0 Å². The summed E-state index contributed by atoms with van der Waals surface area (Å²) in [5, 5.41) is 8.16. The van der Waals surface area contributed by atoms with Crippen LogP contribution in [0.15, 0.2) is 12.1 Å². The lowest BCUT2D eigenvalue weighted by molar-refractivity contribution is 0.107. The van der Waals surface area contributed by atoms with E-state index in [1.165, 1.54) is 7.11 Å². The molecule has 0 aromatic heterocycles. The van der Waals surface area contributed by atoms with Crippen LogP contribution in [0.2, 0.25) is 0 Å². The van der Waals surface area contributed by atoms with Crippen LogP contribution in [0.5, 0.6) is 5.75 Å². The Kier molecular flexibility index (Phi) is 3.72. The summed E-state index contributed by atoms with van der Waals surface area (Å²) < 4.78 is 5.72. The van der Waals surface area contributed by atoms with E-state index in [1.54, 1.807) is 12.1 Å². The van der Waals surface area contributed by atoms with Crippen LogP contribution in [0.1, 0.15) is 15.9 Å². The van der Waals surface area contributed by atoms with Crippen molar-refractivity contribution in [1.29, 1.82) is 5.26 Å². The second kappa shape index (κ2) is 4.62. The van der Waals surface area contributed by atoms with Crippen LogP contribution in [-0.2, 0) is 0 Å². The number of rotatable bonds is 2. The second-order valence-electron chi connectivity index (χ2n) is 2.42. The Bertz CT molecular complexity index is 426. The molecule has 0 unspecified atom stereocenters. The van der Waals surface area contributed by atoms with Crippen LogP contribution in [0, 0.1) is 14.9 Å². The molecule has 1 rings (SSSR count). The zero-order chi connectivity index (χ0) is 10.7. The van der Waals surface area contributed by atoms with E-state index in [0.717, 1.165) is 3.57 Å². The van der Waals surface area contributed by atoms with E-state index in [1.807, 2.05) is 28.7 Å². The molecular weight excluding hydrogens is 316 g/mol. The first-order valence-electron chi connectivity index (χ1n) is 3.57. The zero-order valence-corrected chi connectivity index (χ0v) is 10.1. The average molecular weight is 322 g/mol. The summed E-state index contributed by atoms with van der Waals surface area (Å²) in [4.78, 5) is 11.0. The van der Waals surface area contributed by atoms with Gasteiger partial charge in [-0.05, 0) is 46.3 Å². The number of hydrogen-bond acceptors (Lipinski definition) is 3. The third kappa shape index (κ3) is 2.16. The Balaban J connectivity index is 3.49. The van der Waals surface area contributed by atoms with Gasteiger partial charge in [0.1, 0.15) is 11.8 Å². The maximum absolute atomic E-state index is 11.0. The summed E-state index contributed by atoms with van der Waals surface area (Å²) in [6, 6.07) is 5.15. The van der Waals surface area contributed by atoms with Crippen molar-refractivity contribution in [2.75, 3.05) is 7.11 Å². The molecule has 0 aliphatic heterocycles. The van der Waals surface area contributed by atoms with E-state index in [0.29, 0.717) is 5.56 Å². The van der Waals surface area contributed by atoms with Crippen LogP contribution < -0.4 is 4.74 Å². The molecule has 0 radical (unpaired) electrons. The maximum Gasteiger partial charge on any atom is 0.256 e. The number of halogens is 2. The Morgan fingerprint density at radius 2 is 2.29 bits per heavy atom. The maximum atomic E-state index is 11.0. The smallest absolute Gasteiger partial charge is 0.256 e. The molecule has 0 saturated heterocycles. The monoisotopic (exact) mass is 321 g/mol. The van der Waals surface area contributed by atoms with Crippen molar-refractivity contribution in [2.45, 2.75) is 0 Å². The Morgan fingerprint density at radius 1 is 1.64 bits per heavy atom. The van der Waals surface area contributed by atoms with Crippen LogP contribution >= 0.6 is 34.2 Å². The summed E-state index contributed by atoms with van der Waals surface area (Å²) in [6.45, 7) is 0. The summed E-state index contributed by atoms with van der Waals surface area (Å²) in [7, 11) is 1.40. The molecule has 0 atom stereocenters. The van der Waals surface area contributed by atoms with Gasteiger partial charge in [-0.1, -0.05) is 0 Å². The van der Waals surface area contributed by atoms with Gasteiger partial charge >= 0.3 is 0 Å². The fraction of sp³-hybridized carbons (Fsp3) is 0.111. The van der Waals surface area contributed by atoms with E-state index < -0.39 is 5.24 Å². The number of carbonyl (C=O) groups excluding carboxylic acids is 1. The highest BCUT2D eigenvalue weighted by Crippen LogP contribution is 2.27. The quantitative estimate of drug-likeness (QED) is 0.621. The summed E-state index contributed by atoms with van der Waals surface area (Å²) in [6.07, 6.45) is 0. The highest BCUT2D eigenvalue weighted by Gasteiger charge is 2.15. The molecular formula is C9H5ClINO2. The van der Waals surface area contributed by atoms with Gasteiger partial charge in [-0.15, -0.1) is 0 Å². The van der Waals surface area contributed by atoms with Crippen LogP contribution in [0.4, 0.5) is 0 Å². The molecule has 0 fully saturated rings. The Labute approximate surface area is 99.8 Å². The van der Waals surface area contributed by atoms with Gasteiger partial charge in [-0.2, -0.15) is 5.26 Å². The normalized spacial score (nSPS) is 9.29. The molecule has 3 nitrogen and oxygen atoms in total. The first-order valence-corrected chi connectivity index (χ1v) is 5.03. The Morgan fingerprint density at radius 3 is 2.71 bits per heavy atom. The van der Waals surface area contributed by atoms with Crippen molar-refractivity contribution in [2.24, 2.45) is 0 Å². The minimum Gasteiger partial charge on any atom is -0.495 e. The first kappa shape index (κ1) is 11.3. The second-order valence-corrected chi connectivity index (χ2v) is 4.01. The third-order valence-corrected chi connectivity index (χ3v) is 2.42. The van der Waals surface area contributed by atoms with Crippen molar-refractivity contribution in [3.8, 4) is 11.8 Å². The minimum atomic E-state index is -0.628. The first-order chi connectivity index (χ1) is 6.60. The highest BCUT2D eigenvalue weighted by molar-refractivity contribution is 14.1. The molecule has 0 spiro atoms. The molecule has 1 aromatic rings. The van der Waals surface area contributed by atoms with Crippen molar-refractivity contribution in [1.82, 2.24) is 0 Å². The molecule has 0 heterocycles. The minimum absolute atomic E-state index is 0.220. The lowest BCUT2D eigenvalue weighted by atomic mass is 10.1. The van der Waals surface area contributed by atoms with Gasteiger partial charge in [-0.3, -0.25) is 4.79 Å². The lowest BCUT2D eigenvalue weighted by Crippen LogP contribution is -1.99. The van der Waals surface area contributed by atoms with Gasteiger partial charge in [0.25, 0.3) is 5.24 Å². The standard InChI is InChI=1S/C9H5ClINO2/c1-14-8-5(4-12)2-6(11)3-7(8)9(10)13/h2-3H,1H3. The third-order valence-electron chi connectivity index (χ3n) is 1.59. The number of carbonyl (C=O) groups is 1. The van der Waals surface area contributed by atoms with Gasteiger partial charge < -0.3 is 4.74 Å². The topological polar surface area (TPSA) is 50.1 Å². The molecule has 0 bridgehead atoms. The van der Waals surface area contributed by atoms with E-state index in [4.69, 9.17) is 21.6 Å². The van der Waals surface area contributed by atoms with Crippen molar-refractivity contribution in [3.63, 3.8) is 0 Å². The number of hydrogen-bond donors (Lipinski definition) is 0. The number of nitrogens with zero attached hydrogens (tertiary/aromatic N) is 1. The van der Waals surface area contributed by atoms with E-state index in [2.05, 4.69) is 0 Å². The van der Waals surface area contributed by atoms with Crippen molar-refractivity contribution in [3.05, 3.63) is 26.8 Å². The number of methoxy groups -OCH3 is 1. The lowest BCUT2D eigenvalue weighted by Gasteiger charge is -2.07. The largest absolute Gasteiger partial charge is 0.495 e. The molecule has 72 valence electrons. The molecule has 0 aliphatic carbocycles. The summed E-state index contributed by atoms with van der Waals surface area (Å²) in [5.74, 6) is 0.230.